The number of carbonyl (C=O) groups excluding carboxylic acids is 1. The van der Waals surface area contributed by atoms with Gasteiger partial charge in [-0.05, 0) is 59.4 Å². The third kappa shape index (κ3) is 4.35. The van der Waals surface area contributed by atoms with Crippen LogP contribution < -0.4 is 11.1 Å². The van der Waals surface area contributed by atoms with Crippen LogP contribution in [0, 0.1) is 5.92 Å². The molecule has 1 aliphatic carbocycles. The number of nitrogens with one attached hydrogen (secondary N) is 1. The number of ether oxygens (including phenoxy) is 1. The molecule has 1 saturated heterocycles. The van der Waals surface area contributed by atoms with Crippen molar-refractivity contribution in [2.45, 2.75) is 83.5 Å². The molecule has 2 rings (SSSR count). The number of carbonyl (C=O) groups is 1. The van der Waals surface area contributed by atoms with E-state index in [-0.39, 0.29) is 18.2 Å². The molecule has 5 nitrogen and oxygen atoms in total. The molecule has 4 atom stereocenters. The molecule has 3 N–H and O–H groups in total. The molecule has 5 heteroatoms. The maximum Gasteiger partial charge on any atom is 0.407 e. The largest absolute Gasteiger partial charge is 0.444 e. The van der Waals surface area contributed by atoms with Crippen LogP contribution in [-0.4, -0.2) is 47.8 Å². The maximum absolute atomic E-state index is 12.0. The summed E-state index contributed by atoms with van der Waals surface area (Å²) < 4.78 is 5.36. The zero-order valence-corrected chi connectivity index (χ0v) is 14.6. The first-order valence-corrected chi connectivity index (χ1v) is 8.77. The highest BCUT2D eigenvalue weighted by molar-refractivity contribution is 5.68. The number of nitrogens with zero attached hydrogens (tertiary/aromatic N) is 1. The van der Waals surface area contributed by atoms with Gasteiger partial charge in [-0.2, -0.15) is 0 Å². The fourth-order valence-electron chi connectivity index (χ4n) is 4.07. The van der Waals surface area contributed by atoms with E-state index in [1.54, 1.807) is 0 Å². The van der Waals surface area contributed by atoms with Gasteiger partial charge in [0.15, 0.2) is 0 Å². The van der Waals surface area contributed by atoms with E-state index in [4.69, 9.17) is 10.5 Å². The van der Waals surface area contributed by atoms with Gasteiger partial charge in [-0.3, -0.25) is 4.90 Å². The molecule has 2 aliphatic rings. The topological polar surface area (TPSA) is 67.6 Å². The van der Waals surface area contributed by atoms with Crippen molar-refractivity contribution in [3.63, 3.8) is 0 Å². The molecule has 0 spiro atoms. The number of nitrogens with two attached hydrogens (primary N) is 1. The second-order valence-electron chi connectivity index (χ2n) is 7.88. The van der Waals surface area contributed by atoms with Gasteiger partial charge in [-0.15, -0.1) is 0 Å². The Morgan fingerprint density at radius 1 is 1.32 bits per heavy atom. The molecule has 2 fully saturated rings. The Morgan fingerprint density at radius 2 is 2.00 bits per heavy atom. The van der Waals surface area contributed by atoms with Crippen molar-refractivity contribution in [2.24, 2.45) is 11.7 Å². The monoisotopic (exact) mass is 311 g/mol. The average molecular weight is 311 g/mol. The minimum atomic E-state index is -0.468. The average Bonchev–Trinajstić information content (AvgIpc) is 2.81. The van der Waals surface area contributed by atoms with Gasteiger partial charge >= 0.3 is 6.09 Å². The number of hydrogen-bond donors (Lipinski definition) is 2. The molecule has 0 aromatic carbocycles. The lowest BCUT2D eigenvalue weighted by Gasteiger charge is -2.39. The van der Waals surface area contributed by atoms with Crippen LogP contribution in [0.25, 0.3) is 0 Å². The van der Waals surface area contributed by atoms with Gasteiger partial charge in [0.2, 0.25) is 0 Å². The lowest BCUT2D eigenvalue weighted by Crippen LogP contribution is -2.56. The summed E-state index contributed by atoms with van der Waals surface area (Å²) in [6, 6.07) is 0.853. The van der Waals surface area contributed by atoms with Gasteiger partial charge in [-0.25, -0.2) is 4.79 Å². The van der Waals surface area contributed by atoms with Crippen LogP contribution in [0.15, 0.2) is 0 Å². The minimum absolute atomic E-state index is 0.000488. The Morgan fingerprint density at radius 3 is 2.64 bits per heavy atom. The summed E-state index contributed by atoms with van der Waals surface area (Å²) in [6.07, 6.45) is 6.25. The molecule has 0 radical (unpaired) electrons. The molecular formula is C17H33N3O2. The summed E-state index contributed by atoms with van der Waals surface area (Å²) in [7, 11) is 0. The third-order valence-electron chi connectivity index (χ3n) is 5.04. The van der Waals surface area contributed by atoms with E-state index in [1.807, 2.05) is 27.7 Å². The molecule has 4 unspecified atom stereocenters. The van der Waals surface area contributed by atoms with Crippen LogP contribution in [0.2, 0.25) is 0 Å². The van der Waals surface area contributed by atoms with Crippen molar-refractivity contribution in [3.05, 3.63) is 0 Å². The van der Waals surface area contributed by atoms with Crippen LogP contribution in [-0.2, 0) is 4.74 Å². The predicted molar refractivity (Wildman–Crippen MR) is 88.7 cm³/mol. The van der Waals surface area contributed by atoms with Crippen molar-refractivity contribution < 1.29 is 9.53 Å². The van der Waals surface area contributed by atoms with Crippen LogP contribution >= 0.6 is 0 Å². The Hall–Kier alpha value is -0.810. The molecule has 0 aromatic heterocycles. The number of rotatable bonds is 4. The van der Waals surface area contributed by atoms with Gasteiger partial charge in [0.1, 0.15) is 5.60 Å². The summed E-state index contributed by atoms with van der Waals surface area (Å²) in [5, 5.41) is 2.98. The summed E-state index contributed by atoms with van der Waals surface area (Å²) in [5.74, 6) is 0.830. The number of likely N-dealkylation sites (tertiary alicyclic amines) is 1. The van der Waals surface area contributed by atoms with Gasteiger partial charge in [-0.1, -0.05) is 12.8 Å². The molecule has 0 aromatic rings. The summed E-state index contributed by atoms with van der Waals surface area (Å²) in [5.41, 5.74) is 5.58. The number of fused-ring (bicyclic) bond motifs is 1. The standard InChI is InChI=1S/C17H33N3O2/c1-12(19-16(21)22-17(2,3)4)15(11-18)20-10-9-13-7-5-6-8-14(13)20/h12-15H,5-11,18H2,1-4H3,(H,19,21). The number of amides is 1. The van der Waals surface area contributed by atoms with Crippen molar-refractivity contribution in [1.29, 1.82) is 0 Å². The molecule has 1 saturated carbocycles. The fourth-order valence-corrected chi connectivity index (χ4v) is 4.07. The van der Waals surface area contributed by atoms with Crippen LogP contribution in [0.1, 0.15) is 59.8 Å². The molecule has 1 heterocycles. The first-order valence-electron chi connectivity index (χ1n) is 8.77. The lowest BCUT2D eigenvalue weighted by atomic mass is 9.84. The van der Waals surface area contributed by atoms with Gasteiger partial charge in [0, 0.05) is 24.7 Å². The Labute approximate surface area is 134 Å². The van der Waals surface area contributed by atoms with Crippen LogP contribution in [0.5, 0.6) is 0 Å². The smallest absolute Gasteiger partial charge is 0.407 e. The Bertz CT molecular complexity index is 381. The summed E-state index contributed by atoms with van der Waals surface area (Å²) in [4.78, 5) is 14.5. The minimum Gasteiger partial charge on any atom is -0.444 e. The van der Waals surface area contributed by atoms with E-state index < -0.39 is 5.60 Å². The van der Waals surface area contributed by atoms with Gasteiger partial charge in [0.25, 0.3) is 0 Å². The Kier molecular flexibility index (Phi) is 5.72. The first-order chi connectivity index (χ1) is 10.3. The zero-order chi connectivity index (χ0) is 16.3. The van der Waals surface area contributed by atoms with E-state index in [0.717, 1.165) is 12.5 Å². The first kappa shape index (κ1) is 17.5. The van der Waals surface area contributed by atoms with Crippen LogP contribution in [0.3, 0.4) is 0 Å². The summed E-state index contributed by atoms with van der Waals surface area (Å²) >= 11 is 0. The Balaban J connectivity index is 1.94. The number of alkyl carbamates (subject to hydrolysis) is 1. The molecular weight excluding hydrogens is 278 g/mol. The SMILES string of the molecule is CC(NC(=O)OC(C)(C)C)C(CN)N1CCC2CCCCC21. The normalized spacial score (nSPS) is 28.8. The van der Waals surface area contributed by atoms with E-state index in [9.17, 15) is 4.79 Å². The molecule has 128 valence electrons. The molecule has 1 aliphatic heterocycles. The van der Waals surface area contributed by atoms with E-state index in [2.05, 4.69) is 10.2 Å². The fraction of sp³-hybridized carbons (Fsp3) is 0.941. The van der Waals surface area contributed by atoms with E-state index >= 15 is 0 Å². The maximum atomic E-state index is 12.0. The van der Waals surface area contributed by atoms with Gasteiger partial charge < -0.3 is 15.8 Å². The van der Waals surface area contributed by atoms with E-state index in [1.165, 1.54) is 32.1 Å². The lowest BCUT2D eigenvalue weighted by molar-refractivity contribution is 0.0450. The molecule has 22 heavy (non-hydrogen) atoms. The quantitative estimate of drug-likeness (QED) is 0.837. The predicted octanol–water partition coefficient (Wildman–Crippen LogP) is 2.49. The molecule has 0 bridgehead atoms. The second-order valence-corrected chi connectivity index (χ2v) is 7.88. The van der Waals surface area contributed by atoms with Crippen molar-refractivity contribution in [2.75, 3.05) is 13.1 Å². The highest BCUT2D eigenvalue weighted by Crippen LogP contribution is 2.37. The van der Waals surface area contributed by atoms with Crippen molar-refractivity contribution >= 4 is 6.09 Å². The third-order valence-corrected chi connectivity index (χ3v) is 5.04. The highest BCUT2D eigenvalue weighted by atomic mass is 16.6. The summed E-state index contributed by atoms with van der Waals surface area (Å²) in [6.45, 7) is 9.36. The highest BCUT2D eigenvalue weighted by Gasteiger charge is 2.40. The van der Waals surface area contributed by atoms with Gasteiger partial charge in [0.05, 0.1) is 0 Å². The zero-order valence-electron chi connectivity index (χ0n) is 14.6. The number of hydrogen-bond acceptors (Lipinski definition) is 4. The second kappa shape index (κ2) is 7.18. The molecule has 1 amide bonds. The van der Waals surface area contributed by atoms with E-state index in [0.29, 0.717) is 12.6 Å². The van der Waals surface area contributed by atoms with Crippen LogP contribution in [0.4, 0.5) is 4.79 Å². The van der Waals surface area contributed by atoms with Crippen molar-refractivity contribution in [3.8, 4) is 0 Å². The van der Waals surface area contributed by atoms with Crippen molar-refractivity contribution in [1.82, 2.24) is 10.2 Å².